The number of carbonyl (C=O) groups is 1. The summed E-state index contributed by atoms with van der Waals surface area (Å²) < 4.78 is 1.54. The van der Waals surface area contributed by atoms with Crippen molar-refractivity contribution in [2.24, 2.45) is 5.92 Å². The molecular weight excluding hydrogens is 373 g/mol. The summed E-state index contributed by atoms with van der Waals surface area (Å²) in [7, 11) is 1.97. The van der Waals surface area contributed by atoms with Crippen LogP contribution in [-0.4, -0.2) is 52.3 Å². The highest BCUT2D eigenvalue weighted by molar-refractivity contribution is 6.37. The van der Waals surface area contributed by atoms with E-state index in [0.717, 1.165) is 38.9 Å². The molecule has 1 amide bonds. The van der Waals surface area contributed by atoms with Crippen LogP contribution < -0.4 is 5.32 Å². The zero-order chi connectivity index (χ0) is 18.7. The van der Waals surface area contributed by atoms with E-state index in [0.29, 0.717) is 27.5 Å². The van der Waals surface area contributed by atoms with Gasteiger partial charge >= 0.3 is 0 Å². The average molecular weight is 396 g/mol. The van der Waals surface area contributed by atoms with Crippen molar-refractivity contribution >= 4 is 29.1 Å². The summed E-state index contributed by atoms with van der Waals surface area (Å²) in [5.74, 6) is 1.29. The quantitative estimate of drug-likeness (QED) is 0.842. The fourth-order valence-electron chi connectivity index (χ4n) is 3.30. The first-order chi connectivity index (χ1) is 12.5. The van der Waals surface area contributed by atoms with Crippen molar-refractivity contribution in [2.75, 3.05) is 26.7 Å². The molecule has 26 heavy (non-hydrogen) atoms. The molecule has 0 bridgehead atoms. The van der Waals surface area contributed by atoms with Gasteiger partial charge in [-0.15, -0.1) is 5.10 Å². The predicted octanol–water partition coefficient (Wildman–Crippen LogP) is 3.34. The minimum atomic E-state index is -0.137. The molecule has 1 aliphatic rings. The Kier molecular flexibility index (Phi) is 6.16. The monoisotopic (exact) mass is 395 g/mol. The van der Waals surface area contributed by atoms with E-state index < -0.39 is 0 Å². The molecule has 8 heteroatoms. The summed E-state index contributed by atoms with van der Waals surface area (Å²) in [4.78, 5) is 19.0. The van der Waals surface area contributed by atoms with Crippen molar-refractivity contribution in [2.45, 2.75) is 26.2 Å². The first kappa shape index (κ1) is 19.1. The fourth-order valence-corrected chi connectivity index (χ4v) is 3.86. The molecule has 0 unspecified atom stereocenters. The van der Waals surface area contributed by atoms with Gasteiger partial charge in [0.05, 0.1) is 10.0 Å². The second-order valence-electron chi connectivity index (χ2n) is 6.59. The number of carbonyl (C=O) groups excluding carboxylic acids is 1. The Morgan fingerprint density at radius 3 is 2.54 bits per heavy atom. The van der Waals surface area contributed by atoms with Gasteiger partial charge in [-0.25, -0.2) is 9.67 Å². The summed E-state index contributed by atoms with van der Waals surface area (Å²) in [5.41, 5.74) is 0.547. The zero-order valence-electron chi connectivity index (χ0n) is 15.0. The van der Waals surface area contributed by atoms with Crippen molar-refractivity contribution in [3.8, 4) is 5.69 Å². The van der Waals surface area contributed by atoms with E-state index in [1.165, 1.54) is 4.68 Å². The number of rotatable bonds is 5. The van der Waals surface area contributed by atoms with E-state index in [-0.39, 0.29) is 11.7 Å². The SMILES string of the molecule is CNCCC1CCN(C(=O)c2nc(C)n(-c3c(Cl)cccc3Cl)n2)CC1. The summed E-state index contributed by atoms with van der Waals surface area (Å²) in [6.45, 7) is 4.29. The second kappa shape index (κ2) is 8.37. The number of hydrogen-bond donors (Lipinski definition) is 1. The number of halogens is 2. The molecule has 140 valence electrons. The van der Waals surface area contributed by atoms with Gasteiger partial charge in [-0.3, -0.25) is 4.79 Å². The van der Waals surface area contributed by atoms with Crippen LogP contribution in [0.4, 0.5) is 0 Å². The minimum Gasteiger partial charge on any atom is -0.336 e. The van der Waals surface area contributed by atoms with E-state index >= 15 is 0 Å². The molecule has 2 aromatic rings. The Bertz CT molecular complexity index is 764. The molecule has 1 saturated heterocycles. The standard InChI is InChI=1S/C18H23Cl2N5O/c1-12-22-17(23-25(12)16-14(19)4-3-5-15(16)20)18(26)24-10-7-13(8-11-24)6-9-21-2/h3-5,13,21H,6-11H2,1-2H3. The predicted molar refractivity (Wildman–Crippen MR) is 103 cm³/mol. The third kappa shape index (κ3) is 4.03. The van der Waals surface area contributed by atoms with Crippen LogP contribution in [0.25, 0.3) is 5.69 Å². The number of likely N-dealkylation sites (tertiary alicyclic amines) is 1. The Balaban J connectivity index is 1.74. The molecule has 3 rings (SSSR count). The lowest BCUT2D eigenvalue weighted by atomic mass is 9.93. The molecule has 0 radical (unpaired) electrons. The van der Waals surface area contributed by atoms with Gasteiger partial charge in [-0.1, -0.05) is 29.3 Å². The lowest BCUT2D eigenvalue weighted by Gasteiger charge is -2.31. The van der Waals surface area contributed by atoms with Gasteiger partial charge in [-0.05, 0) is 57.8 Å². The van der Waals surface area contributed by atoms with Gasteiger partial charge in [-0.2, -0.15) is 0 Å². The van der Waals surface area contributed by atoms with Gasteiger partial charge < -0.3 is 10.2 Å². The molecule has 1 aromatic heterocycles. The number of amides is 1. The molecule has 1 fully saturated rings. The summed E-state index contributed by atoms with van der Waals surface area (Å²) in [6.07, 6.45) is 3.18. The first-order valence-corrected chi connectivity index (χ1v) is 9.58. The van der Waals surface area contributed by atoms with Crippen LogP contribution in [0.5, 0.6) is 0 Å². The molecule has 0 spiro atoms. The van der Waals surface area contributed by atoms with E-state index in [1.54, 1.807) is 25.1 Å². The molecule has 1 aliphatic heterocycles. The van der Waals surface area contributed by atoms with Gasteiger partial charge in [0, 0.05) is 13.1 Å². The smallest absolute Gasteiger partial charge is 0.293 e. The van der Waals surface area contributed by atoms with E-state index in [1.807, 2.05) is 11.9 Å². The molecule has 6 nitrogen and oxygen atoms in total. The number of piperidine rings is 1. The van der Waals surface area contributed by atoms with Crippen LogP contribution in [-0.2, 0) is 0 Å². The van der Waals surface area contributed by atoms with Gasteiger partial charge in [0.25, 0.3) is 5.91 Å². The molecule has 0 aliphatic carbocycles. The van der Waals surface area contributed by atoms with Crippen molar-refractivity contribution in [3.63, 3.8) is 0 Å². The lowest BCUT2D eigenvalue weighted by molar-refractivity contribution is 0.0675. The Hall–Kier alpha value is -1.63. The molecule has 1 N–H and O–H groups in total. The van der Waals surface area contributed by atoms with Gasteiger partial charge in [0.1, 0.15) is 11.5 Å². The maximum absolute atomic E-state index is 12.8. The highest BCUT2D eigenvalue weighted by atomic mass is 35.5. The lowest BCUT2D eigenvalue weighted by Crippen LogP contribution is -2.39. The number of para-hydroxylation sites is 1. The Morgan fingerprint density at radius 2 is 1.92 bits per heavy atom. The largest absolute Gasteiger partial charge is 0.336 e. The highest BCUT2D eigenvalue weighted by Gasteiger charge is 2.27. The van der Waals surface area contributed by atoms with Crippen molar-refractivity contribution in [1.29, 1.82) is 0 Å². The van der Waals surface area contributed by atoms with Crippen molar-refractivity contribution in [3.05, 3.63) is 39.9 Å². The Morgan fingerprint density at radius 1 is 1.27 bits per heavy atom. The summed E-state index contributed by atoms with van der Waals surface area (Å²) in [5, 5.41) is 8.50. The molecular formula is C18H23Cl2N5O. The van der Waals surface area contributed by atoms with Crippen molar-refractivity contribution < 1.29 is 4.79 Å². The van der Waals surface area contributed by atoms with Crippen LogP contribution >= 0.6 is 23.2 Å². The third-order valence-corrected chi connectivity index (χ3v) is 5.42. The molecule has 2 heterocycles. The number of nitrogens with one attached hydrogen (secondary N) is 1. The Labute approximate surface area is 163 Å². The average Bonchev–Trinajstić information content (AvgIpc) is 3.01. The van der Waals surface area contributed by atoms with E-state index in [9.17, 15) is 4.79 Å². The van der Waals surface area contributed by atoms with Crippen LogP contribution in [0.3, 0.4) is 0 Å². The van der Waals surface area contributed by atoms with Crippen molar-refractivity contribution in [1.82, 2.24) is 25.0 Å². The number of aryl methyl sites for hydroxylation is 1. The van der Waals surface area contributed by atoms with Crippen LogP contribution in [0.2, 0.25) is 10.0 Å². The molecule has 0 atom stereocenters. The summed E-state index contributed by atoms with van der Waals surface area (Å²) >= 11 is 12.5. The molecule has 0 saturated carbocycles. The third-order valence-electron chi connectivity index (χ3n) is 4.81. The van der Waals surface area contributed by atoms with E-state index in [2.05, 4.69) is 15.4 Å². The molecule has 1 aromatic carbocycles. The van der Waals surface area contributed by atoms with Gasteiger partial charge in [0.15, 0.2) is 0 Å². The number of nitrogens with zero attached hydrogens (tertiary/aromatic N) is 4. The summed E-state index contributed by atoms with van der Waals surface area (Å²) in [6, 6.07) is 5.24. The normalized spacial score (nSPS) is 15.5. The van der Waals surface area contributed by atoms with E-state index in [4.69, 9.17) is 23.2 Å². The fraction of sp³-hybridized carbons (Fsp3) is 0.500. The number of aromatic nitrogens is 3. The number of benzene rings is 1. The first-order valence-electron chi connectivity index (χ1n) is 8.83. The second-order valence-corrected chi connectivity index (χ2v) is 7.41. The number of hydrogen-bond acceptors (Lipinski definition) is 4. The maximum atomic E-state index is 12.8. The maximum Gasteiger partial charge on any atom is 0.293 e. The topological polar surface area (TPSA) is 63.1 Å². The van der Waals surface area contributed by atoms with Crippen LogP contribution in [0, 0.1) is 12.8 Å². The van der Waals surface area contributed by atoms with Crippen LogP contribution in [0.15, 0.2) is 18.2 Å². The zero-order valence-corrected chi connectivity index (χ0v) is 16.5. The highest BCUT2D eigenvalue weighted by Crippen LogP contribution is 2.29. The minimum absolute atomic E-state index is 0.137. The van der Waals surface area contributed by atoms with Crippen LogP contribution in [0.1, 0.15) is 35.7 Å². The van der Waals surface area contributed by atoms with Gasteiger partial charge in [0.2, 0.25) is 5.82 Å².